The van der Waals surface area contributed by atoms with E-state index in [2.05, 4.69) is 26.5 Å². The van der Waals surface area contributed by atoms with Crippen LogP contribution in [0.1, 0.15) is 48.5 Å². The molecule has 0 aliphatic rings. The third-order valence-corrected chi connectivity index (χ3v) is 2.31. The molecule has 0 rings (SSSR count). The third-order valence-electron chi connectivity index (χ3n) is 1.99. The average molecular weight is 236 g/mol. The van der Waals surface area contributed by atoms with Crippen LogP contribution in [0.15, 0.2) is 0 Å². The van der Waals surface area contributed by atoms with Crippen LogP contribution < -0.4 is 0 Å². The van der Waals surface area contributed by atoms with Crippen molar-refractivity contribution in [1.29, 1.82) is 0 Å². The summed E-state index contributed by atoms with van der Waals surface area (Å²) in [5.41, 5.74) is 0. The summed E-state index contributed by atoms with van der Waals surface area (Å²) in [6, 6.07) is 0.210. The highest BCUT2D eigenvalue weighted by Gasteiger charge is 2.43. The van der Waals surface area contributed by atoms with Crippen LogP contribution in [-0.4, -0.2) is 28.4 Å². The zero-order chi connectivity index (χ0) is 12.2. The van der Waals surface area contributed by atoms with Crippen molar-refractivity contribution in [3.63, 3.8) is 0 Å². The molecule has 0 saturated heterocycles. The van der Waals surface area contributed by atoms with E-state index in [1.807, 2.05) is 34.6 Å². The largest absolute Gasteiger partial charge is 0.193 e. The van der Waals surface area contributed by atoms with Crippen LogP contribution in [0, 0.1) is 0 Å². The zero-order valence-electron chi connectivity index (χ0n) is 11.0. The molecule has 1 unspecified atom stereocenters. The summed E-state index contributed by atoms with van der Waals surface area (Å²) < 4.78 is 0. The first kappa shape index (κ1) is 15.2. The second-order valence-electron chi connectivity index (χ2n) is 4.68. The van der Waals surface area contributed by atoms with Crippen molar-refractivity contribution in [2.75, 3.05) is 0 Å². The third kappa shape index (κ3) is 4.31. The Labute approximate surface area is 99.6 Å². The zero-order valence-corrected chi connectivity index (χ0v) is 11.9. The number of thiol groups is 1. The van der Waals surface area contributed by atoms with Crippen molar-refractivity contribution in [1.82, 2.24) is 0 Å². The molecule has 0 radical (unpaired) electrons. The Hall–Kier alpha value is 0.230. The van der Waals surface area contributed by atoms with Gasteiger partial charge in [-0.25, -0.2) is 0 Å². The van der Waals surface area contributed by atoms with E-state index in [0.717, 1.165) is 0 Å². The maximum atomic E-state index is 5.91. The molecule has 0 N–H and O–H groups in total. The number of hydroxylamine groups is 4. The first-order valence-electron chi connectivity index (χ1n) is 5.65. The van der Waals surface area contributed by atoms with Gasteiger partial charge in [0, 0.05) is 6.92 Å². The lowest BCUT2D eigenvalue weighted by atomic mass is 10.3. The second-order valence-corrected chi connectivity index (χ2v) is 5.43. The summed E-state index contributed by atoms with van der Waals surface area (Å²) >= 11 is 4.49. The van der Waals surface area contributed by atoms with Crippen LogP contribution in [0.3, 0.4) is 0 Å². The van der Waals surface area contributed by atoms with Gasteiger partial charge in [-0.15, -0.1) is 12.6 Å². The number of hydrogen-bond donors (Lipinski definition) is 1. The first-order valence-corrected chi connectivity index (χ1v) is 6.17. The van der Waals surface area contributed by atoms with Gasteiger partial charge in [-0.1, -0.05) is 0 Å². The first-order chi connectivity index (χ1) is 6.72. The standard InChI is InChI=1S/C11H25NO2S/c1-8(2)12(11(7)15,13-9(3)4)14-10(5)6/h8-11H,1-7H3/p+1. The summed E-state index contributed by atoms with van der Waals surface area (Å²) in [6.45, 7) is 14.2. The molecule has 1 atom stereocenters. The smallest absolute Gasteiger partial charge is 0.164 e. The summed E-state index contributed by atoms with van der Waals surface area (Å²) in [7, 11) is 0. The van der Waals surface area contributed by atoms with E-state index in [9.17, 15) is 0 Å². The van der Waals surface area contributed by atoms with Gasteiger partial charge in [0.25, 0.3) is 0 Å². The minimum atomic E-state index is -0.0187. The Kier molecular flexibility index (Phi) is 6.18. The van der Waals surface area contributed by atoms with Gasteiger partial charge in [0.2, 0.25) is 0 Å². The van der Waals surface area contributed by atoms with Gasteiger partial charge in [0.1, 0.15) is 18.2 Å². The lowest BCUT2D eigenvalue weighted by molar-refractivity contribution is -1.27. The molecule has 4 heteroatoms. The Morgan fingerprint density at radius 3 is 1.27 bits per heavy atom. The molecule has 15 heavy (non-hydrogen) atoms. The molecule has 3 nitrogen and oxygen atoms in total. The number of rotatable bonds is 6. The van der Waals surface area contributed by atoms with E-state index in [1.165, 1.54) is 0 Å². The van der Waals surface area contributed by atoms with Crippen LogP contribution >= 0.6 is 12.6 Å². The molecule has 0 saturated carbocycles. The number of hydrogen-bond acceptors (Lipinski definition) is 3. The molecule has 92 valence electrons. The Bertz CT molecular complexity index is 161. The Morgan fingerprint density at radius 2 is 1.13 bits per heavy atom. The molecule has 0 spiro atoms. The number of nitrogens with zero attached hydrogens (tertiary/aromatic N) is 1. The van der Waals surface area contributed by atoms with Crippen molar-refractivity contribution in [2.24, 2.45) is 0 Å². The SMILES string of the molecule is CC(C)O[N+](OC(C)C)(C(C)C)C(C)S. The van der Waals surface area contributed by atoms with E-state index in [0.29, 0.717) is 0 Å². The highest BCUT2D eigenvalue weighted by atomic mass is 32.1. The van der Waals surface area contributed by atoms with Crippen molar-refractivity contribution >= 4 is 12.6 Å². The van der Waals surface area contributed by atoms with Crippen LogP contribution in [0.2, 0.25) is 0 Å². The molecular weight excluding hydrogens is 210 g/mol. The molecule has 0 amide bonds. The summed E-state index contributed by atoms with van der Waals surface area (Å²) in [4.78, 5) is 12.0. The maximum absolute atomic E-state index is 5.91. The van der Waals surface area contributed by atoms with E-state index in [-0.39, 0.29) is 28.4 Å². The summed E-state index contributed by atoms with van der Waals surface area (Å²) in [5.74, 6) is 0. The second kappa shape index (κ2) is 6.09. The van der Waals surface area contributed by atoms with Gasteiger partial charge in [0.05, 0.1) is 0 Å². The fourth-order valence-corrected chi connectivity index (χ4v) is 1.91. The molecule has 0 aliphatic carbocycles. The molecule has 0 fully saturated rings. The maximum Gasteiger partial charge on any atom is 0.193 e. The van der Waals surface area contributed by atoms with Crippen LogP contribution in [0.4, 0.5) is 0 Å². The van der Waals surface area contributed by atoms with Gasteiger partial charge in [0.15, 0.2) is 5.37 Å². The quantitative estimate of drug-likeness (QED) is 0.330. The fraction of sp³-hybridized carbons (Fsp3) is 1.00. The molecule has 0 aliphatic heterocycles. The predicted octanol–water partition coefficient (Wildman–Crippen LogP) is 3.17. The van der Waals surface area contributed by atoms with Crippen molar-refractivity contribution in [3.05, 3.63) is 0 Å². The molecule has 0 aromatic rings. The highest BCUT2D eigenvalue weighted by Crippen LogP contribution is 2.26. The summed E-state index contributed by atoms with van der Waals surface area (Å²) in [5, 5.41) is -0.0187. The predicted molar refractivity (Wildman–Crippen MR) is 66.3 cm³/mol. The van der Waals surface area contributed by atoms with Crippen molar-refractivity contribution < 1.29 is 14.5 Å². The van der Waals surface area contributed by atoms with Crippen LogP contribution in [0.25, 0.3) is 0 Å². The fourth-order valence-electron chi connectivity index (χ4n) is 1.53. The number of quaternary nitrogens is 1. The van der Waals surface area contributed by atoms with Crippen molar-refractivity contribution in [2.45, 2.75) is 72.1 Å². The van der Waals surface area contributed by atoms with E-state index >= 15 is 0 Å². The topological polar surface area (TPSA) is 18.5 Å². The van der Waals surface area contributed by atoms with Gasteiger partial charge < -0.3 is 0 Å². The van der Waals surface area contributed by atoms with Crippen LogP contribution in [-0.2, 0) is 9.68 Å². The molecule has 0 aromatic carbocycles. The minimum absolute atomic E-state index is 0.0187. The normalized spacial score (nSPS) is 15.4. The molecular formula is C11H26NO2S+. The molecule has 0 aromatic heterocycles. The average Bonchev–Trinajstić information content (AvgIpc) is 1.99. The van der Waals surface area contributed by atoms with Gasteiger partial charge in [-0.3, -0.25) is 0 Å². The van der Waals surface area contributed by atoms with Crippen LogP contribution in [0.5, 0.6) is 0 Å². The van der Waals surface area contributed by atoms with E-state index in [4.69, 9.17) is 9.68 Å². The monoisotopic (exact) mass is 236 g/mol. The minimum Gasteiger partial charge on any atom is -0.164 e. The van der Waals surface area contributed by atoms with E-state index < -0.39 is 0 Å². The highest BCUT2D eigenvalue weighted by molar-refractivity contribution is 7.80. The van der Waals surface area contributed by atoms with Gasteiger partial charge in [-0.2, -0.15) is 9.68 Å². The van der Waals surface area contributed by atoms with E-state index in [1.54, 1.807) is 0 Å². The van der Waals surface area contributed by atoms with Gasteiger partial charge >= 0.3 is 0 Å². The lowest BCUT2D eigenvalue weighted by Crippen LogP contribution is -2.58. The Balaban J connectivity index is 4.90. The molecule has 0 bridgehead atoms. The summed E-state index contributed by atoms with van der Waals surface area (Å²) in [6.07, 6.45) is 0.224. The molecule has 0 heterocycles. The van der Waals surface area contributed by atoms with Gasteiger partial charge in [-0.05, 0) is 46.4 Å². The lowest BCUT2D eigenvalue weighted by Gasteiger charge is -2.40. The Morgan fingerprint density at radius 1 is 0.800 bits per heavy atom. The van der Waals surface area contributed by atoms with Crippen molar-refractivity contribution in [3.8, 4) is 0 Å².